The Kier molecular flexibility index (Phi) is 5.95. The first-order valence-corrected chi connectivity index (χ1v) is 8.58. The second-order valence-electron chi connectivity index (χ2n) is 5.95. The molecule has 1 aromatic carbocycles. The van der Waals surface area contributed by atoms with Gasteiger partial charge in [-0.2, -0.15) is 0 Å². The lowest BCUT2D eigenvalue weighted by atomic mass is 9.98. The summed E-state index contributed by atoms with van der Waals surface area (Å²) in [4.78, 5) is 30.9. The van der Waals surface area contributed by atoms with E-state index in [4.69, 9.17) is 9.84 Å². The first-order valence-electron chi connectivity index (χ1n) is 8.58. The Labute approximate surface area is 156 Å². The molecule has 3 rings (SSSR count). The van der Waals surface area contributed by atoms with Crippen LogP contribution < -0.4 is 0 Å². The van der Waals surface area contributed by atoms with Gasteiger partial charge in [-0.1, -0.05) is 36.4 Å². The second kappa shape index (κ2) is 8.57. The number of amides is 1. The van der Waals surface area contributed by atoms with Crippen molar-refractivity contribution in [3.05, 3.63) is 71.6 Å². The van der Waals surface area contributed by atoms with Gasteiger partial charge >= 0.3 is 0 Å². The number of ketones is 1. The minimum Gasteiger partial charge on any atom is -0.507 e. The van der Waals surface area contributed by atoms with Gasteiger partial charge < -0.3 is 19.8 Å². The normalized spacial score (nSPS) is 18.9. The summed E-state index contributed by atoms with van der Waals surface area (Å²) < 4.78 is 5.24. The fourth-order valence-electron chi connectivity index (χ4n) is 3.04. The van der Waals surface area contributed by atoms with Crippen molar-refractivity contribution in [3.8, 4) is 0 Å². The highest BCUT2D eigenvalue weighted by molar-refractivity contribution is 6.46. The van der Waals surface area contributed by atoms with Crippen molar-refractivity contribution < 1.29 is 24.5 Å². The maximum absolute atomic E-state index is 12.7. The van der Waals surface area contributed by atoms with Crippen LogP contribution in [0.25, 0.3) is 5.76 Å². The average molecular weight is 368 g/mol. The summed E-state index contributed by atoms with van der Waals surface area (Å²) in [6, 6.07) is 13.0. The third-order valence-corrected chi connectivity index (χ3v) is 4.27. The Morgan fingerprint density at radius 3 is 2.48 bits per heavy atom. The van der Waals surface area contributed by atoms with Gasteiger partial charge in [0.25, 0.3) is 11.7 Å². The number of rotatable bonds is 7. The van der Waals surface area contributed by atoms with Gasteiger partial charge in [0, 0.05) is 18.3 Å². The van der Waals surface area contributed by atoms with Crippen molar-refractivity contribution in [2.45, 2.75) is 6.04 Å². The monoisotopic (exact) mass is 368 g/mol. The molecule has 1 aliphatic rings. The van der Waals surface area contributed by atoms with Gasteiger partial charge in [-0.3, -0.25) is 14.6 Å². The number of carbonyl (C=O) groups is 2. The summed E-state index contributed by atoms with van der Waals surface area (Å²) in [6.07, 6.45) is 1.57. The third-order valence-electron chi connectivity index (χ3n) is 4.27. The molecule has 140 valence electrons. The SMILES string of the molecule is O=C1C(=O)N(CCOCCO)[C@@H](c2ccccn2)C1=C(O)c1ccccc1. The molecule has 7 heteroatoms. The lowest BCUT2D eigenvalue weighted by molar-refractivity contribution is -0.140. The first-order chi connectivity index (χ1) is 13.1. The molecule has 1 fully saturated rings. The Hall–Kier alpha value is -3.03. The minimum absolute atomic E-state index is 0.00654. The number of pyridine rings is 1. The molecule has 1 aliphatic heterocycles. The fraction of sp³-hybridized carbons (Fsp3) is 0.250. The van der Waals surface area contributed by atoms with Crippen molar-refractivity contribution in [2.24, 2.45) is 0 Å². The van der Waals surface area contributed by atoms with Crippen molar-refractivity contribution in [1.29, 1.82) is 0 Å². The number of aromatic nitrogens is 1. The zero-order valence-corrected chi connectivity index (χ0v) is 14.6. The summed E-state index contributed by atoms with van der Waals surface area (Å²) in [7, 11) is 0. The van der Waals surface area contributed by atoms with Gasteiger partial charge in [0.15, 0.2) is 0 Å². The molecule has 2 heterocycles. The summed E-state index contributed by atoms with van der Waals surface area (Å²) in [5, 5.41) is 19.6. The van der Waals surface area contributed by atoms with E-state index in [9.17, 15) is 14.7 Å². The van der Waals surface area contributed by atoms with Crippen LogP contribution in [0.1, 0.15) is 17.3 Å². The summed E-state index contributed by atoms with van der Waals surface area (Å²) in [6.45, 7) is 0.304. The van der Waals surface area contributed by atoms with Crippen LogP contribution in [-0.4, -0.2) is 58.2 Å². The van der Waals surface area contributed by atoms with Gasteiger partial charge in [-0.25, -0.2) is 0 Å². The molecule has 2 N–H and O–H groups in total. The molecule has 0 aliphatic carbocycles. The third kappa shape index (κ3) is 3.89. The largest absolute Gasteiger partial charge is 0.507 e. The zero-order valence-electron chi connectivity index (χ0n) is 14.6. The van der Waals surface area contributed by atoms with Crippen LogP contribution in [-0.2, 0) is 14.3 Å². The molecule has 0 spiro atoms. The Balaban J connectivity index is 2.03. The van der Waals surface area contributed by atoms with Crippen LogP contribution >= 0.6 is 0 Å². The number of ether oxygens (including phenoxy) is 1. The van der Waals surface area contributed by atoms with Crippen molar-refractivity contribution in [3.63, 3.8) is 0 Å². The van der Waals surface area contributed by atoms with Crippen molar-refractivity contribution in [2.75, 3.05) is 26.4 Å². The topological polar surface area (TPSA) is 100.0 Å². The Bertz CT molecular complexity index is 836. The van der Waals surface area contributed by atoms with Gasteiger partial charge in [-0.15, -0.1) is 0 Å². The molecule has 1 aromatic heterocycles. The van der Waals surface area contributed by atoms with Crippen molar-refractivity contribution in [1.82, 2.24) is 9.88 Å². The number of hydrogen-bond donors (Lipinski definition) is 2. The molecular weight excluding hydrogens is 348 g/mol. The molecule has 1 amide bonds. The maximum Gasteiger partial charge on any atom is 0.295 e. The highest BCUT2D eigenvalue weighted by atomic mass is 16.5. The van der Waals surface area contributed by atoms with Gasteiger partial charge in [0.2, 0.25) is 0 Å². The molecule has 0 bridgehead atoms. The van der Waals surface area contributed by atoms with Crippen LogP contribution in [0.3, 0.4) is 0 Å². The fourth-order valence-corrected chi connectivity index (χ4v) is 3.04. The molecular formula is C20H20N2O5. The lowest BCUT2D eigenvalue weighted by Crippen LogP contribution is -2.33. The molecule has 1 saturated heterocycles. The van der Waals surface area contributed by atoms with Crippen LogP contribution in [0, 0.1) is 0 Å². The number of Topliss-reactive ketones (excluding diaryl/α,β-unsaturated/α-hetero) is 1. The number of aliphatic hydroxyl groups is 2. The average Bonchev–Trinajstić information content (AvgIpc) is 2.97. The van der Waals surface area contributed by atoms with Crippen LogP contribution in [0.15, 0.2) is 60.3 Å². The predicted molar refractivity (Wildman–Crippen MR) is 97.6 cm³/mol. The Morgan fingerprint density at radius 2 is 1.81 bits per heavy atom. The highest BCUT2D eigenvalue weighted by Gasteiger charge is 2.46. The smallest absolute Gasteiger partial charge is 0.295 e. The minimum atomic E-state index is -0.802. The lowest BCUT2D eigenvalue weighted by Gasteiger charge is -2.24. The number of benzene rings is 1. The van der Waals surface area contributed by atoms with E-state index in [1.807, 2.05) is 0 Å². The molecule has 1 atom stereocenters. The van der Waals surface area contributed by atoms with E-state index < -0.39 is 17.7 Å². The van der Waals surface area contributed by atoms with Crippen molar-refractivity contribution >= 4 is 17.4 Å². The Morgan fingerprint density at radius 1 is 1.07 bits per heavy atom. The van der Waals surface area contributed by atoms with Crippen LogP contribution in [0.4, 0.5) is 0 Å². The van der Waals surface area contributed by atoms with Crippen LogP contribution in [0.2, 0.25) is 0 Å². The van der Waals surface area contributed by atoms with E-state index in [1.54, 1.807) is 54.7 Å². The maximum atomic E-state index is 12.7. The number of carbonyl (C=O) groups excluding carboxylic acids is 2. The second-order valence-corrected chi connectivity index (χ2v) is 5.95. The molecule has 27 heavy (non-hydrogen) atoms. The van der Waals surface area contributed by atoms with E-state index in [0.717, 1.165) is 0 Å². The van der Waals surface area contributed by atoms with Gasteiger partial charge in [0.1, 0.15) is 11.8 Å². The number of nitrogens with zero attached hydrogens (tertiary/aromatic N) is 2. The predicted octanol–water partition coefficient (Wildman–Crippen LogP) is 1.51. The summed E-state index contributed by atoms with van der Waals surface area (Å²) >= 11 is 0. The summed E-state index contributed by atoms with van der Waals surface area (Å²) in [5.41, 5.74) is 0.941. The molecule has 2 aromatic rings. The number of likely N-dealkylation sites (tertiary alicyclic amines) is 1. The number of aliphatic hydroxyl groups excluding tert-OH is 2. The standard InChI is InChI=1S/C20H20N2O5/c23-11-13-27-12-10-22-17(15-8-4-5-9-21-15)16(19(25)20(22)26)18(24)14-6-2-1-3-7-14/h1-9,17,23-24H,10-13H2/t17-/m0/s1. The van der Waals surface area contributed by atoms with Gasteiger partial charge in [-0.05, 0) is 12.1 Å². The van der Waals surface area contributed by atoms with Crippen LogP contribution in [0.5, 0.6) is 0 Å². The first kappa shape index (κ1) is 18.8. The van der Waals surface area contributed by atoms with E-state index in [1.165, 1.54) is 4.90 Å². The van der Waals surface area contributed by atoms with Gasteiger partial charge in [0.05, 0.1) is 31.1 Å². The highest BCUT2D eigenvalue weighted by Crippen LogP contribution is 2.38. The molecule has 0 unspecified atom stereocenters. The zero-order chi connectivity index (χ0) is 19.2. The van der Waals surface area contributed by atoms with E-state index in [-0.39, 0.29) is 37.7 Å². The van der Waals surface area contributed by atoms with E-state index in [2.05, 4.69) is 4.98 Å². The van der Waals surface area contributed by atoms with E-state index >= 15 is 0 Å². The molecule has 7 nitrogen and oxygen atoms in total. The molecule has 0 radical (unpaired) electrons. The van der Waals surface area contributed by atoms with E-state index in [0.29, 0.717) is 11.3 Å². The quantitative estimate of drug-likeness (QED) is 0.333. The summed E-state index contributed by atoms with van der Waals surface area (Å²) in [5.74, 6) is -1.70. The molecule has 0 saturated carbocycles. The number of hydrogen-bond acceptors (Lipinski definition) is 6.